The van der Waals surface area contributed by atoms with Gasteiger partial charge in [-0.25, -0.2) is 0 Å². The number of carbonyl (C=O) groups is 1. The molecule has 7 nitrogen and oxygen atoms in total. The molecule has 0 radical (unpaired) electrons. The minimum atomic E-state index is -3.86. The number of benzene rings is 2. The van der Waals surface area contributed by atoms with Crippen molar-refractivity contribution in [2.75, 3.05) is 7.11 Å². The Balaban J connectivity index is 2.13. The maximum Gasteiger partial charge on any atom is 0.308 e. The van der Waals surface area contributed by atoms with Gasteiger partial charge in [0.1, 0.15) is 16.4 Å². The van der Waals surface area contributed by atoms with Crippen molar-refractivity contribution >= 4 is 22.2 Å². The minimum absolute atomic E-state index is 0.0114. The molecule has 0 spiro atoms. The molecule has 0 aliphatic heterocycles. The SMILES string of the molecule is COc1ccc(C)cc1S(=O)(=O)N/N=C/c1ccc(OC(C)=O)cc1. The Morgan fingerprint density at radius 3 is 2.44 bits per heavy atom. The zero-order valence-electron chi connectivity index (χ0n) is 14.0. The number of ether oxygens (including phenoxy) is 2. The third kappa shape index (κ3) is 5.05. The zero-order valence-corrected chi connectivity index (χ0v) is 14.8. The lowest BCUT2D eigenvalue weighted by Crippen LogP contribution is -2.19. The van der Waals surface area contributed by atoms with E-state index in [0.717, 1.165) is 5.56 Å². The number of aryl methyl sites for hydroxylation is 1. The lowest BCUT2D eigenvalue weighted by Gasteiger charge is -2.09. The van der Waals surface area contributed by atoms with Gasteiger partial charge in [-0.2, -0.15) is 18.4 Å². The number of sulfonamides is 1. The molecule has 1 N–H and O–H groups in total. The summed E-state index contributed by atoms with van der Waals surface area (Å²) in [5.41, 5.74) is 1.42. The number of carbonyl (C=O) groups excluding carboxylic acids is 1. The highest BCUT2D eigenvalue weighted by Crippen LogP contribution is 2.24. The van der Waals surface area contributed by atoms with Gasteiger partial charge in [-0.1, -0.05) is 6.07 Å². The lowest BCUT2D eigenvalue weighted by atomic mass is 10.2. The Bertz CT molecular complexity index is 890. The first kappa shape index (κ1) is 18.5. The van der Waals surface area contributed by atoms with Crippen LogP contribution in [0.1, 0.15) is 18.1 Å². The molecule has 0 aromatic heterocycles. The first-order chi connectivity index (χ1) is 11.8. The van der Waals surface area contributed by atoms with E-state index < -0.39 is 16.0 Å². The number of methoxy groups -OCH3 is 1. The fourth-order valence-electron chi connectivity index (χ4n) is 2.00. The van der Waals surface area contributed by atoms with Gasteiger partial charge in [-0.15, -0.1) is 0 Å². The average Bonchev–Trinajstić information content (AvgIpc) is 2.56. The molecule has 0 atom stereocenters. The van der Waals surface area contributed by atoms with E-state index in [-0.39, 0.29) is 10.6 Å². The molecule has 2 aromatic carbocycles. The summed E-state index contributed by atoms with van der Waals surface area (Å²) in [6, 6.07) is 11.3. The molecule has 0 amide bonds. The molecule has 0 bridgehead atoms. The van der Waals surface area contributed by atoms with Gasteiger partial charge in [-0.3, -0.25) is 4.79 Å². The predicted octanol–water partition coefficient (Wildman–Crippen LogP) is 2.24. The summed E-state index contributed by atoms with van der Waals surface area (Å²) < 4.78 is 34.7. The Kier molecular flexibility index (Phi) is 5.76. The average molecular weight is 362 g/mol. The van der Waals surface area contributed by atoms with Crippen molar-refractivity contribution < 1.29 is 22.7 Å². The molecule has 0 aliphatic rings. The summed E-state index contributed by atoms with van der Waals surface area (Å²) in [5.74, 6) is 0.218. The highest BCUT2D eigenvalue weighted by Gasteiger charge is 2.18. The highest BCUT2D eigenvalue weighted by atomic mass is 32.2. The number of hydrogen-bond acceptors (Lipinski definition) is 6. The molecular formula is C17H18N2O5S. The predicted molar refractivity (Wildman–Crippen MR) is 93.4 cm³/mol. The first-order valence-electron chi connectivity index (χ1n) is 7.30. The van der Waals surface area contributed by atoms with Crippen molar-refractivity contribution in [1.82, 2.24) is 4.83 Å². The maximum absolute atomic E-state index is 12.4. The fraction of sp³-hybridized carbons (Fsp3) is 0.176. The van der Waals surface area contributed by atoms with Crippen LogP contribution in [-0.4, -0.2) is 27.7 Å². The van der Waals surface area contributed by atoms with E-state index in [1.54, 1.807) is 43.3 Å². The summed E-state index contributed by atoms with van der Waals surface area (Å²) in [6.45, 7) is 3.09. The van der Waals surface area contributed by atoms with Gasteiger partial charge in [0.05, 0.1) is 13.3 Å². The Hall–Kier alpha value is -2.87. The minimum Gasteiger partial charge on any atom is -0.495 e. The van der Waals surface area contributed by atoms with E-state index in [9.17, 15) is 13.2 Å². The highest BCUT2D eigenvalue weighted by molar-refractivity contribution is 7.89. The molecule has 2 aromatic rings. The van der Waals surface area contributed by atoms with Crippen LogP contribution in [0.2, 0.25) is 0 Å². The second-order valence-corrected chi connectivity index (χ2v) is 6.80. The van der Waals surface area contributed by atoms with Crippen LogP contribution in [0, 0.1) is 6.92 Å². The van der Waals surface area contributed by atoms with Gasteiger partial charge in [0.25, 0.3) is 10.0 Å². The van der Waals surface area contributed by atoms with Crippen molar-refractivity contribution in [3.05, 3.63) is 53.6 Å². The van der Waals surface area contributed by atoms with Crippen LogP contribution >= 0.6 is 0 Å². The number of nitrogens with zero attached hydrogens (tertiary/aromatic N) is 1. The molecule has 2 rings (SSSR count). The molecule has 0 saturated carbocycles. The lowest BCUT2D eigenvalue weighted by molar-refractivity contribution is -0.131. The van der Waals surface area contributed by atoms with E-state index >= 15 is 0 Å². The van der Waals surface area contributed by atoms with Crippen molar-refractivity contribution in [3.8, 4) is 11.5 Å². The summed E-state index contributed by atoms with van der Waals surface area (Å²) in [4.78, 5) is 13.0. The summed E-state index contributed by atoms with van der Waals surface area (Å²) in [7, 11) is -2.46. The maximum atomic E-state index is 12.4. The van der Waals surface area contributed by atoms with E-state index in [1.165, 1.54) is 26.3 Å². The second kappa shape index (κ2) is 7.80. The van der Waals surface area contributed by atoms with Crippen LogP contribution in [-0.2, 0) is 14.8 Å². The second-order valence-electron chi connectivity index (χ2n) is 5.17. The van der Waals surface area contributed by atoms with Crippen LogP contribution in [0.4, 0.5) is 0 Å². The van der Waals surface area contributed by atoms with Crippen LogP contribution in [0.15, 0.2) is 52.5 Å². The van der Waals surface area contributed by atoms with Gasteiger partial charge in [0.2, 0.25) is 0 Å². The summed E-state index contributed by atoms with van der Waals surface area (Å²) in [6.07, 6.45) is 1.34. The number of esters is 1. The number of hydrazone groups is 1. The van der Waals surface area contributed by atoms with Crippen LogP contribution < -0.4 is 14.3 Å². The molecular weight excluding hydrogens is 344 g/mol. The zero-order chi connectivity index (χ0) is 18.4. The van der Waals surface area contributed by atoms with Crippen molar-refractivity contribution in [1.29, 1.82) is 0 Å². The third-order valence-corrected chi connectivity index (χ3v) is 4.38. The monoisotopic (exact) mass is 362 g/mol. The van der Waals surface area contributed by atoms with Crippen LogP contribution in [0.3, 0.4) is 0 Å². The van der Waals surface area contributed by atoms with E-state index in [0.29, 0.717) is 11.3 Å². The van der Waals surface area contributed by atoms with Gasteiger partial charge in [0.15, 0.2) is 0 Å². The van der Waals surface area contributed by atoms with Gasteiger partial charge in [0, 0.05) is 6.92 Å². The van der Waals surface area contributed by atoms with E-state index in [1.807, 2.05) is 0 Å². The largest absolute Gasteiger partial charge is 0.495 e. The van der Waals surface area contributed by atoms with Crippen molar-refractivity contribution in [2.45, 2.75) is 18.7 Å². The van der Waals surface area contributed by atoms with Crippen LogP contribution in [0.5, 0.6) is 11.5 Å². The molecule has 0 aliphatic carbocycles. The quantitative estimate of drug-likeness (QED) is 0.368. The molecule has 0 unspecified atom stereocenters. The molecule has 8 heteroatoms. The molecule has 0 fully saturated rings. The Morgan fingerprint density at radius 2 is 1.84 bits per heavy atom. The van der Waals surface area contributed by atoms with Crippen molar-refractivity contribution in [3.63, 3.8) is 0 Å². The first-order valence-corrected chi connectivity index (χ1v) is 8.78. The fourth-order valence-corrected chi connectivity index (χ4v) is 3.05. The summed E-state index contributed by atoms with van der Waals surface area (Å²) >= 11 is 0. The smallest absolute Gasteiger partial charge is 0.308 e. The van der Waals surface area contributed by atoms with Crippen LogP contribution in [0.25, 0.3) is 0 Å². The number of rotatable bonds is 6. The molecule has 25 heavy (non-hydrogen) atoms. The molecule has 0 heterocycles. The standard InChI is InChI=1S/C17H18N2O5S/c1-12-4-9-16(23-3)17(10-12)25(21,22)19-18-11-14-5-7-15(8-6-14)24-13(2)20/h4-11,19H,1-3H3/b18-11+. The van der Waals surface area contributed by atoms with Gasteiger partial charge < -0.3 is 9.47 Å². The Morgan fingerprint density at radius 1 is 1.16 bits per heavy atom. The van der Waals surface area contributed by atoms with Crippen molar-refractivity contribution in [2.24, 2.45) is 5.10 Å². The van der Waals surface area contributed by atoms with Gasteiger partial charge >= 0.3 is 5.97 Å². The number of nitrogens with one attached hydrogen (secondary N) is 1. The normalized spacial score (nSPS) is 11.3. The molecule has 132 valence electrons. The van der Waals surface area contributed by atoms with E-state index in [2.05, 4.69) is 9.93 Å². The number of hydrogen-bond donors (Lipinski definition) is 1. The molecule has 0 saturated heterocycles. The van der Waals surface area contributed by atoms with Gasteiger partial charge in [-0.05, 0) is 54.4 Å². The Labute approximate surface area is 146 Å². The third-order valence-electron chi connectivity index (χ3n) is 3.14. The van der Waals surface area contributed by atoms with E-state index in [4.69, 9.17) is 9.47 Å². The summed E-state index contributed by atoms with van der Waals surface area (Å²) in [5, 5.41) is 3.76. The topological polar surface area (TPSA) is 94.1 Å².